The monoisotopic (exact) mass is 317 g/mol. The molecule has 0 aliphatic rings. The van der Waals surface area contributed by atoms with Crippen molar-refractivity contribution in [1.29, 1.82) is 0 Å². The van der Waals surface area contributed by atoms with Gasteiger partial charge in [-0.3, -0.25) is 4.99 Å². The molecule has 23 heavy (non-hydrogen) atoms. The molecular weight excluding hydrogens is 290 g/mol. The summed E-state index contributed by atoms with van der Waals surface area (Å²) in [6, 6.07) is 8.21. The molecule has 2 N–H and O–H groups in total. The van der Waals surface area contributed by atoms with Crippen LogP contribution in [0.3, 0.4) is 0 Å². The fourth-order valence-electron chi connectivity index (χ4n) is 2.39. The number of fused-ring (bicyclic) bond motifs is 1. The number of aliphatic imine (C=N–C) groups is 1. The van der Waals surface area contributed by atoms with Gasteiger partial charge in [0.05, 0.1) is 17.4 Å². The Bertz CT molecular complexity index is 608. The Labute approximate surface area is 138 Å². The predicted molar refractivity (Wildman–Crippen MR) is 94.8 cm³/mol. The van der Waals surface area contributed by atoms with Crippen LogP contribution in [0.4, 0.5) is 0 Å². The highest BCUT2D eigenvalue weighted by Gasteiger charge is 2.01. The second-order valence-corrected chi connectivity index (χ2v) is 5.31. The highest BCUT2D eigenvalue weighted by molar-refractivity contribution is 5.79. The molecule has 2 aromatic rings. The van der Waals surface area contributed by atoms with Crippen molar-refractivity contribution >= 4 is 17.0 Å². The van der Waals surface area contributed by atoms with Crippen LogP contribution in [0.1, 0.15) is 19.8 Å². The van der Waals surface area contributed by atoms with Crippen molar-refractivity contribution in [3.63, 3.8) is 0 Å². The predicted octanol–water partition coefficient (Wildman–Crippen LogP) is 2.02. The average molecular weight is 317 g/mol. The molecule has 0 aliphatic heterocycles. The third-order valence-electron chi connectivity index (χ3n) is 3.52. The molecule has 1 aromatic carbocycles. The Morgan fingerprint density at radius 2 is 2.13 bits per heavy atom. The number of hydrogen-bond donors (Lipinski definition) is 2. The van der Waals surface area contributed by atoms with Crippen molar-refractivity contribution in [2.75, 3.05) is 33.4 Å². The molecule has 0 aliphatic carbocycles. The van der Waals surface area contributed by atoms with Crippen molar-refractivity contribution in [3.8, 4) is 0 Å². The molecule has 0 saturated carbocycles. The average Bonchev–Trinajstić information content (AvgIpc) is 2.98. The van der Waals surface area contributed by atoms with Gasteiger partial charge in [-0.1, -0.05) is 12.1 Å². The number of aryl methyl sites for hydroxylation is 1. The number of para-hydroxylation sites is 2. The first kappa shape index (κ1) is 17.3. The molecule has 0 bridgehead atoms. The lowest BCUT2D eigenvalue weighted by molar-refractivity contribution is 0.195. The summed E-state index contributed by atoms with van der Waals surface area (Å²) in [5.41, 5.74) is 2.23. The summed E-state index contributed by atoms with van der Waals surface area (Å²) in [6.45, 7) is 6.28. The van der Waals surface area contributed by atoms with Crippen LogP contribution in [0.5, 0.6) is 0 Å². The van der Waals surface area contributed by atoms with Gasteiger partial charge in [0.15, 0.2) is 5.96 Å². The minimum Gasteiger partial charge on any atom is -0.385 e. The maximum absolute atomic E-state index is 5.05. The van der Waals surface area contributed by atoms with Crippen LogP contribution >= 0.6 is 0 Å². The number of ether oxygens (including phenoxy) is 1. The maximum atomic E-state index is 5.05. The van der Waals surface area contributed by atoms with Gasteiger partial charge in [-0.2, -0.15) is 0 Å². The number of guanidine groups is 1. The van der Waals surface area contributed by atoms with Crippen LogP contribution in [0, 0.1) is 0 Å². The van der Waals surface area contributed by atoms with E-state index in [2.05, 4.69) is 38.2 Å². The molecule has 0 unspecified atom stereocenters. The summed E-state index contributed by atoms with van der Waals surface area (Å²) < 4.78 is 7.23. The molecule has 6 heteroatoms. The number of aromatic nitrogens is 2. The molecule has 0 radical (unpaired) electrons. The van der Waals surface area contributed by atoms with Gasteiger partial charge >= 0.3 is 0 Å². The van der Waals surface area contributed by atoms with Gasteiger partial charge in [-0.25, -0.2) is 4.98 Å². The summed E-state index contributed by atoms with van der Waals surface area (Å²) in [6.07, 6.45) is 3.86. The summed E-state index contributed by atoms with van der Waals surface area (Å²) >= 11 is 0. The van der Waals surface area contributed by atoms with E-state index in [0.717, 1.165) is 57.1 Å². The van der Waals surface area contributed by atoms with E-state index in [1.54, 1.807) is 7.11 Å². The number of nitrogens with zero attached hydrogens (tertiary/aromatic N) is 3. The van der Waals surface area contributed by atoms with Crippen molar-refractivity contribution in [2.45, 2.75) is 26.3 Å². The van der Waals surface area contributed by atoms with Gasteiger partial charge in [-0.15, -0.1) is 0 Å². The van der Waals surface area contributed by atoms with Gasteiger partial charge in [0.2, 0.25) is 0 Å². The van der Waals surface area contributed by atoms with E-state index in [0.29, 0.717) is 0 Å². The van der Waals surface area contributed by atoms with Crippen LogP contribution in [-0.2, 0) is 11.3 Å². The van der Waals surface area contributed by atoms with Gasteiger partial charge in [-0.05, 0) is 31.9 Å². The van der Waals surface area contributed by atoms with Gasteiger partial charge in [0.1, 0.15) is 0 Å². The zero-order valence-electron chi connectivity index (χ0n) is 14.1. The van der Waals surface area contributed by atoms with Crippen molar-refractivity contribution in [1.82, 2.24) is 20.2 Å². The van der Waals surface area contributed by atoms with Crippen LogP contribution in [-0.4, -0.2) is 48.9 Å². The van der Waals surface area contributed by atoms with Crippen molar-refractivity contribution in [3.05, 3.63) is 30.6 Å². The van der Waals surface area contributed by atoms with E-state index in [9.17, 15) is 0 Å². The second kappa shape index (κ2) is 9.84. The second-order valence-electron chi connectivity index (χ2n) is 5.31. The number of nitrogens with one attached hydrogen (secondary N) is 2. The maximum Gasteiger partial charge on any atom is 0.191 e. The minimum atomic E-state index is 0.764. The zero-order valence-corrected chi connectivity index (χ0v) is 14.1. The Morgan fingerprint density at radius 3 is 2.96 bits per heavy atom. The molecule has 1 heterocycles. The molecule has 0 fully saturated rings. The molecule has 6 nitrogen and oxygen atoms in total. The van der Waals surface area contributed by atoms with Crippen LogP contribution < -0.4 is 10.6 Å². The number of hydrogen-bond acceptors (Lipinski definition) is 3. The van der Waals surface area contributed by atoms with Crippen molar-refractivity contribution < 1.29 is 4.74 Å². The van der Waals surface area contributed by atoms with E-state index >= 15 is 0 Å². The molecule has 2 rings (SSSR count). The Balaban J connectivity index is 1.78. The van der Waals surface area contributed by atoms with Gasteiger partial charge in [0, 0.05) is 39.9 Å². The first-order chi connectivity index (χ1) is 11.3. The first-order valence-electron chi connectivity index (χ1n) is 8.26. The fraction of sp³-hybridized carbons (Fsp3) is 0.529. The summed E-state index contributed by atoms with van der Waals surface area (Å²) in [7, 11) is 1.72. The van der Waals surface area contributed by atoms with E-state index in [1.165, 1.54) is 5.52 Å². The number of imidazole rings is 1. The largest absolute Gasteiger partial charge is 0.385 e. The summed E-state index contributed by atoms with van der Waals surface area (Å²) in [5.74, 6) is 0.874. The van der Waals surface area contributed by atoms with Crippen LogP contribution in [0.2, 0.25) is 0 Å². The Kier molecular flexibility index (Phi) is 7.39. The standard InChI is InChI=1S/C17H27N5O/c1-3-18-17(20-11-7-13-23-2)19-10-6-12-22-14-21-15-8-4-5-9-16(15)22/h4-5,8-9,14H,3,6-7,10-13H2,1-2H3,(H2,18,19,20). The molecule has 0 saturated heterocycles. The SMILES string of the molecule is CCNC(=NCCCn1cnc2ccccc21)NCCCOC. The van der Waals surface area contributed by atoms with Gasteiger partial charge < -0.3 is 19.9 Å². The topological polar surface area (TPSA) is 63.5 Å². The quantitative estimate of drug-likeness (QED) is 0.422. The lowest BCUT2D eigenvalue weighted by Crippen LogP contribution is -2.38. The normalized spacial score (nSPS) is 11.8. The van der Waals surface area contributed by atoms with Crippen LogP contribution in [0.25, 0.3) is 11.0 Å². The number of methoxy groups -OCH3 is 1. The van der Waals surface area contributed by atoms with Gasteiger partial charge in [0.25, 0.3) is 0 Å². The van der Waals surface area contributed by atoms with Crippen molar-refractivity contribution in [2.24, 2.45) is 4.99 Å². The first-order valence-corrected chi connectivity index (χ1v) is 8.26. The minimum absolute atomic E-state index is 0.764. The molecule has 0 amide bonds. The summed E-state index contributed by atoms with van der Waals surface area (Å²) in [5, 5.41) is 6.58. The highest BCUT2D eigenvalue weighted by atomic mass is 16.5. The fourth-order valence-corrected chi connectivity index (χ4v) is 2.39. The highest BCUT2D eigenvalue weighted by Crippen LogP contribution is 2.11. The van der Waals surface area contributed by atoms with Crippen LogP contribution in [0.15, 0.2) is 35.6 Å². The molecule has 0 spiro atoms. The smallest absolute Gasteiger partial charge is 0.191 e. The third kappa shape index (κ3) is 5.56. The molecular formula is C17H27N5O. The van der Waals surface area contributed by atoms with E-state index in [1.807, 2.05) is 24.5 Å². The summed E-state index contributed by atoms with van der Waals surface area (Å²) in [4.78, 5) is 9.02. The lowest BCUT2D eigenvalue weighted by atomic mass is 10.3. The Hall–Kier alpha value is -2.08. The van der Waals surface area contributed by atoms with E-state index < -0.39 is 0 Å². The number of benzene rings is 1. The number of rotatable bonds is 9. The molecule has 1 aromatic heterocycles. The van der Waals surface area contributed by atoms with E-state index in [-0.39, 0.29) is 0 Å². The lowest BCUT2D eigenvalue weighted by Gasteiger charge is -2.11. The van der Waals surface area contributed by atoms with E-state index in [4.69, 9.17) is 4.74 Å². The molecule has 0 atom stereocenters. The Morgan fingerprint density at radius 1 is 1.26 bits per heavy atom. The molecule has 126 valence electrons. The third-order valence-corrected chi connectivity index (χ3v) is 3.52. The zero-order chi connectivity index (χ0) is 16.3.